The third-order valence-electron chi connectivity index (χ3n) is 3.05. The number of rotatable bonds is 4. The van der Waals surface area contributed by atoms with E-state index in [1.165, 1.54) is 23.9 Å². The van der Waals surface area contributed by atoms with Gasteiger partial charge in [-0.05, 0) is 42.3 Å². The first-order valence-electron chi connectivity index (χ1n) is 6.05. The van der Waals surface area contributed by atoms with Crippen LogP contribution in [0.15, 0.2) is 41.3 Å². The molecule has 0 atom stereocenters. The molecule has 0 heterocycles. The lowest BCUT2D eigenvalue weighted by molar-refractivity contribution is 0.1000. The van der Waals surface area contributed by atoms with Crippen molar-refractivity contribution in [3.8, 4) is 0 Å². The topological polar surface area (TPSA) is 69.1 Å². The van der Waals surface area contributed by atoms with E-state index >= 15 is 0 Å². The van der Waals surface area contributed by atoms with Gasteiger partial charge in [0.25, 0.3) is 0 Å². The minimum absolute atomic E-state index is 0.177. The fourth-order valence-corrected chi connectivity index (χ4v) is 2.82. The Morgan fingerprint density at radius 1 is 1.30 bits per heavy atom. The molecular weight excluding hydrogens is 275 g/mol. The molecule has 4 N–H and O–H groups in total. The van der Waals surface area contributed by atoms with E-state index in [2.05, 4.69) is 0 Å². The Hall–Kier alpha value is -2.01. The van der Waals surface area contributed by atoms with Gasteiger partial charge in [-0.3, -0.25) is 4.79 Å². The van der Waals surface area contributed by atoms with Crippen molar-refractivity contribution in [1.82, 2.24) is 0 Å². The number of primary amides is 1. The van der Waals surface area contributed by atoms with E-state index in [0.717, 1.165) is 16.1 Å². The zero-order valence-electron chi connectivity index (χ0n) is 11.0. The van der Waals surface area contributed by atoms with Crippen LogP contribution >= 0.6 is 11.8 Å². The fourth-order valence-electron chi connectivity index (χ4n) is 1.76. The van der Waals surface area contributed by atoms with Crippen LogP contribution in [0.2, 0.25) is 0 Å². The number of nitrogen functional groups attached to an aromatic ring is 1. The minimum atomic E-state index is -0.630. The summed E-state index contributed by atoms with van der Waals surface area (Å²) in [5, 5.41) is 0. The Kier molecular flexibility index (Phi) is 4.29. The number of hydrogen-bond donors (Lipinski definition) is 2. The predicted molar refractivity (Wildman–Crippen MR) is 80.1 cm³/mol. The lowest BCUT2D eigenvalue weighted by Crippen LogP contribution is -2.11. The van der Waals surface area contributed by atoms with Crippen LogP contribution in [0.1, 0.15) is 21.5 Å². The summed E-state index contributed by atoms with van der Waals surface area (Å²) >= 11 is 1.51. The summed E-state index contributed by atoms with van der Waals surface area (Å²) in [5.74, 6) is -0.583. The maximum atomic E-state index is 13.8. The lowest BCUT2D eigenvalue weighted by atomic mass is 10.1. The third kappa shape index (κ3) is 3.11. The van der Waals surface area contributed by atoms with Gasteiger partial charge >= 0.3 is 0 Å². The zero-order chi connectivity index (χ0) is 14.7. The molecule has 3 nitrogen and oxygen atoms in total. The van der Waals surface area contributed by atoms with Gasteiger partial charge in [-0.1, -0.05) is 12.1 Å². The lowest BCUT2D eigenvalue weighted by Gasteiger charge is -2.09. The van der Waals surface area contributed by atoms with Crippen molar-refractivity contribution >= 4 is 23.4 Å². The molecule has 0 aliphatic rings. The number of carbonyl (C=O) groups excluding carboxylic acids is 1. The molecule has 0 saturated heterocycles. The Balaban J connectivity index is 2.15. The summed E-state index contributed by atoms with van der Waals surface area (Å²) in [7, 11) is 0. The highest BCUT2D eigenvalue weighted by molar-refractivity contribution is 7.98. The Labute approximate surface area is 121 Å². The van der Waals surface area contributed by atoms with Crippen LogP contribution in [0.25, 0.3) is 0 Å². The highest BCUT2D eigenvalue weighted by Gasteiger charge is 2.09. The molecule has 2 rings (SSSR count). The number of amides is 1. The molecule has 0 unspecified atom stereocenters. The highest BCUT2D eigenvalue weighted by Crippen LogP contribution is 2.29. The Bertz CT molecular complexity index is 658. The smallest absolute Gasteiger partial charge is 0.248 e. The Morgan fingerprint density at radius 3 is 2.70 bits per heavy atom. The number of anilines is 1. The van der Waals surface area contributed by atoms with Crippen LogP contribution in [-0.4, -0.2) is 5.91 Å². The van der Waals surface area contributed by atoms with Crippen molar-refractivity contribution in [2.24, 2.45) is 5.73 Å². The fraction of sp³-hybridized carbons (Fsp3) is 0.133. The summed E-state index contributed by atoms with van der Waals surface area (Å²) in [6.07, 6.45) is 0. The molecule has 0 aliphatic heterocycles. The van der Waals surface area contributed by atoms with Gasteiger partial charge in [0, 0.05) is 21.9 Å². The number of benzene rings is 2. The molecule has 104 valence electrons. The second kappa shape index (κ2) is 5.96. The van der Waals surface area contributed by atoms with E-state index in [1.54, 1.807) is 6.07 Å². The van der Waals surface area contributed by atoms with Crippen molar-refractivity contribution in [3.05, 3.63) is 58.9 Å². The van der Waals surface area contributed by atoms with E-state index in [9.17, 15) is 9.18 Å². The molecule has 0 spiro atoms. The molecule has 5 heteroatoms. The molecule has 0 fully saturated rings. The molecule has 2 aromatic carbocycles. The van der Waals surface area contributed by atoms with Crippen molar-refractivity contribution in [2.75, 3.05) is 5.73 Å². The van der Waals surface area contributed by atoms with Gasteiger partial charge in [0.2, 0.25) is 5.91 Å². The van der Waals surface area contributed by atoms with Gasteiger partial charge < -0.3 is 11.5 Å². The maximum Gasteiger partial charge on any atom is 0.248 e. The molecule has 2 aromatic rings. The number of nitrogens with two attached hydrogens (primary N) is 2. The van der Waals surface area contributed by atoms with Crippen LogP contribution in [0, 0.1) is 12.7 Å². The first kappa shape index (κ1) is 14.4. The van der Waals surface area contributed by atoms with E-state index in [-0.39, 0.29) is 5.56 Å². The number of carbonyl (C=O) groups is 1. The van der Waals surface area contributed by atoms with Gasteiger partial charge in [0.1, 0.15) is 5.82 Å². The summed E-state index contributed by atoms with van der Waals surface area (Å²) in [5.41, 5.74) is 13.4. The molecule has 0 saturated carbocycles. The van der Waals surface area contributed by atoms with Crippen LogP contribution < -0.4 is 11.5 Å². The summed E-state index contributed by atoms with van der Waals surface area (Å²) < 4.78 is 13.8. The van der Waals surface area contributed by atoms with Crippen molar-refractivity contribution in [2.45, 2.75) is 17.6 Å². The van der Waals surface area contributed by atoms with Crippen molar-refractivity contribution < 1.29 is 9.18 Å². The van der Waals surface area contributed by atoms with E-state index in [0.29, 0.717) is 11.3 Å². The molecule has 20 heavy (non-hydrogen) atoms. The van der Waals surface area contributed by atoms with E-state index < -0.39 is 11.7 Å². The standard InChI is InChI=1S/C15H15FN2OS/c1-9-13(17)3-2-4-14(9)20-8-11-6-5-10(15(18)19)7-12(11)16/h2-7H,8,17H2,1H3,(H2,18,19). The predicted octanol–water partition coefficient (Wildman–Crippen LogP) is 3.11. The van der Waals surface area contributed by atoms with Crippen LogP contribution in [0.3, 0.4) is 0 Å². The van der Waals surface area contributed by atoms with Gasteiger partial charge in [-0.15, -0.1) is 11.8 Å². The summed E-state index contributed by atoms with van der Waals surface area (Å²) in [4.78, 5) is 12.0. The zero-order valence-corrected chi connectivity index (χ0v) is 11.8. The highest BCUT2D eigenvalue weighted by atomic mass is 32.2. The SMILES string of the molecule is Cc1c(N)cccc1SCc1ccc(C(N)=O)cc1F. The van der Waals surface area contributed by atoms with Crippen LogP contribution in [0.4, 0.5) is 10.1 Å². The Morgan fingerprint density at radius 2 is 2.05 bits per heavy atom. The molecule has 0 aromatic heterocycles. The van der Waals surface area contributed by atoms with Crippen molar-refractivity contribution in [1.29, 1.82) is 0 Å². The van der Waals surface area contributed by atoms with E-state index in [1.807, 2.05) is 25.1 Å². The van der Waals surface area contributed by atoms with Gasteiger partial charge in [-0.25, -0.2) is 4.39 Å². The third-order valence-corrected chi connectivity index (χ3v) is 4.26. The first-order chi connectivity index (χ1) is 9.49. The summed E-state index contributed by atoms with van der Waals surface area (Å²) in [6, 6.07) is 9.95. The molecular formula is C15H15FN2OS. The van der Waals surface area contributed by atoms with E-state index in [4.69, 9.17) is 11.5 Å². The van der Waals surface area contributed by atoms with Crippen LogP contribution in [-0.2, 0) is 5.75 Å². The largest absolute Gasteiger partial charge is 0.398 e. The number of thioether (sulfide) groups is 1. The molecule has 0 radical (unpaired) electrons. The van der Waals surface area contributed by atoms with Gasteiger partial charge in [0.05, 0.1) is 0 Å². The van der Waals surface area contributed by atoms with Gasteiger partial charge in [0.15, 0.2) is 0 Å². The van der Waals surface area contributed by atoms with Crippen LogP contribution in [0.5, 0.6) is 0 Å². The minimum Gasteiger partial charge on any atom is -0.398 e. The molecule has 0 aliphatic carbocycles. The molecule has 0 bridgehead atoms. The monoisotopic (exact) mass is 290 g/mol. The van der Waals surface area contributed by atoms with Crippen molar-refractivity contribution in [3.63, 3.8) is 0 Å². The number of hydrogen-bond acceptors (Lipinski definition) is 3. The average Bonchev–Trinajstić information content (AvgIpc) is 2.41. The first-order valence-corrected chi connectivity index (χ1v) is 7.03. The van der Waals surface area contributed by atoms with Gasteiger partial charge in [-0.2, -0.15) is 0 Å². The summed E-state index contributed by atoms with van der Waals surface area (Å²) in [6.45, 7) is 1.93. The maximum absolute atomic E-state index is 13.8. The second-order valence-corrected chi connectivity index (χ2v) is 5.45. The normalized spacial score (nSPS) is 10.5. The molecule has 1 amide bonds. The number of halogens is 1. The average molecular weight is 290 g/mol. The second-order valence-electron chi connectivity index (χ2n) is 4.43. The quantitative estimate of drug-likeness (QED) is 0.671.